The molecule has 3 atom stereocenters. The molecular formula is C32H37FN6O3. The number of ether oxygens (including phenoxy) is 2. The Labute approximate surface area is 245 Å². The average Bonchev–Trinajstić information content (AvgIpc) is 3.36. The zero-order chi connectivity index (χ0) is 29.1. The smallest absolute Gasteiger partial charge is 0.407 e. The highest BCUT2D eigenvalue weighted by molar-refractivity contribution is 5.75. The quantitative estimate of drug-likeness (QED) is 0.304. The molecule has 2 aromatic heterocycles. The van der Waals surface area contributed by atoms with Crippen LogP contribution in [-0.2, 0) is 21.5 Å². The van der Waals surface area contributed by atoms with Crippen LogP contribution in [0.4, 0.5) is 15.0 Å². The first-order valence-electron chi connectivity index (χ1n) is 14.7. The number of hydrogen-bond acceptors (Lipinski definition) is 7. The van der Waals surface area contributed by atoms with Gasteiger partial charge in [0.15, 0.2) is 11.9 Å². The van der Waals surface area contributed by atoms with Gasteiger partial charge in [0.1, 0.15) is 23.8 Å². The first kappa shape index (κ1) is 28.1. The molecule has 220 valence electrons. The van der Waals surface area contributed by atoms with Crippen molar-refractivity contribution in [3.05, 3.63) is 83.4 Å². The van der Waals surface area contributed by atoms with Crippen molar-refractivity contribution in [2.75, 3.05) is 31.1 Å². The van der Waals surface area contributed by atoms with Gasteiger partial charge in [-0.05, 0) is 55.7 Å². The number of benzene rings is 2. The summed E-state index contributed by atoms with van der Waals surface area (Å²) < 4.78 is 28.7. The number of piperidine rings is 1. The Balaban J connectivity index is 1.22. The highest BCUT2D eigenvalue weighted by Gasteiger charge is 2.44. The Hall–Kier alpha value is -4.05. The van der Waals surface area contributed by atoms with E-state index in [1.165, 1.54) is 6.07 Å². The number of halogens is 1. The lowest BCUT2D eigenvalue weighted by Crippen LogP contribution is -2.55. The normalized spacial score (nSPS) is 22.7. The van der Waals surface area contributed by atoms with Gasteiger partial charge in [-0.1, -0.05) is 55.5 Å². The Kier molecular flexibility index (Phi) is 8.06. The fourth-order valence-corrected chi connectivity index (χ4v) is 6.32. The van der Waals surface area contributed by atoms with Gasteiger partial charge < -0.3 is 19.7 Å². The minimum absolute atomic E-state index is 0.0246. The molecule has 0 radical (unpaired) electrons. The van der Waals surface area contributed by atoms with E-state index in [4.69, 9.17) is 24.5 Å². The predicted octanol–water partition coefficient (Wildman–Crippen LogP) is 5.68. The van der Waals surface area contributed by atoms with Crippen molar-refractivity contribution in [1.82, 2.24) is 25.1 Å². The number of fused-ring (bicyclic) bond motifs is 1. The van der Waals surface area contributed by atoms with E-state index in [0.29, 0.717) is 31.7 Å². The number of carbonyl (C=O) groups is 1. The molecule has 2 unspecified atom stereocenters. The predicted molar refractivity (Wildman–Crippen MR) is 158 cm³/mol. The molecule has 0 aliphatic carbocycles. The number of amides is 1. The van der Waals surface area contributed by atoms with Crippen molar-refractivity contribution >= 4 is 23.1 Å². The monoisotopic (exact) mass is 572 g/mol. The maximum Gasteiger partial charge on any atom is 0.407 e. The summed E-state index contributed by atoms with van der Waals surface area (Å²) in [5.74, 6) is 0.456. The van der Waals surface area contributed by atoms with E-state index in [1.807, 2.05) is 54.1 Å². The summed E-state index contributed by atoms with van der Waals surface area (Å²) in [5.41, 5.74) is 3.21. The zero-order valence-electron chi connectivity index (χ0n) is 24.1. The Morgan fingerprint density at radius 2 is 1.98 bits per heavy atom. The van der Waals surface area contributed by atoms with E-state index in [2.05, 4.69) is 17.1 Å². The first-order valence-corrected chi connectivity index (χ1v) is 14.7. The van der Waals surface area contributed by atoms with Crippen LogP contribution in [0.2, 0.25) is 0 Å². The van der Waals surface area contributed by atoms with E-state index in [-0.39, 0.29) is 31.1 Å². The molecule has 2 saturated heterocycles. The Morgan fingerprint density at radius 3 is 2.74 bits per heavy atom. The minimum Gasteiger partial charge on any atom is -0.445 e. The lowest BCUT2D eigenvalue weighted by Gasteiger charge is -2.47. The summed E-state index contributed by atoms with van der Waals surface area (Å²) >= 11 is 0. The molecule has 1 amide bonds. The number of aromatic nitrogens is 4. The van der Waals surface area contributed by atoms with Crippen LogP contribution in [0.25, 0.3) is 11.2 Å². The van der Waals surface area contributed by atoms with Crippen molar-refractivity contribution in [2.24, 2.45) is 5.92 Å². The van der Waals surface area contributed by atoms with Gasteiger partial charge in [-0.25, -0.2) is 23.8 Å². The van der Waals surface area contributed by atoms with Gasteiger partial charge in [0.05, 0.1) is 11.9 Å². The van der Waals surface area contributed by atoms with Gasteiger partial charge in [0.25, 0.3) is 0 Å². The van der Waals surface area contributed by atoms with Gasteiger partial charge in [-0.2, -0.15) is 5.10 Å². The second-order valence-electron chi connectivity index (χ2n) is 11.4. The molecule has 2 aliphatic heterocycles. The number of anilines is 1. The van der Waals surface area contributed by atoms with Crippen molar-refractivity contribution in [3.8, 4) is 0 Å². The molecule has 6 rings (SSSR count). The third-order valence-electron chi connectivity index (χ3n) is 8.75. The molecule has 4 heterocycles. The van der Waals surface area contributed by atoms with Crippen LogP contribution < -0.4 is 10.2 Å². The number of carbonyl (C=O) groups excluding carboxylic acids is 1. The summed E-state index contributed by atoms with van der Waals surface area (Å²) in [6.07, 6.45) is 4.79. The number of nitrogens with one attached hydrogen (secondary N) is 1. The van der Waals surface area contributed by atoms with Crippen LogP contribution in [-0.4, -0.2) is 52.1 Å². The zero-order valence-corrected chi connectivity index (χ0v) is 24.1. The van der Waals surface area contributed by atoms with E-state index in [1.54, 1.807) is 12.3 Å². The number of hydrogen-bond donors (Lipinski definition) is 1. The third kappa shape index (κ3) is 5.55. The van der Waals surface area contributed by atoms with Gasteiger partial charge >= 0.3 is 6.09 Å². The summed E-state index contributed by atoms with van der Waals surface area (Å²) in [6, 6.07) is 16.4. The van der Waals surface area contributed by atoms with Gasteiger partial charge in [0, 0.05) is 31.7 Å². The molecule has 4 aromatic rings. The molecule has 1 N–H and O–H groups in total. The SMILES string of the molecule is Cc1nn(C2CCCCO2)c2nc(N3CC[C@](CNC(=O)OCc4ccccc4)(c4ccccc4F)C(C)C3)cnc12. The average molecular weight is 573 g/mol. The molecular weight excluding hydrogens is 535 g/mol. The van der Waals surface area contributed by atoms with Crippen LogP contribution >= 0.6 is 0 Å². The molecule has 2 fully saturated rings. The fraction of sp³-hybridized carbons (Fsp3) is 0.438. The number of rotatable bonds is 7. The molecule has 0 saturated carbocycles. The topological polar surface area (TPSA) is 94.4 Å². The highest BCUT2D eigenvalue weighted by atomic mass is 19.1. The summed E-state index contributed by atoms with van der Waals surface area (Å²) in [7, 11) is 0. The first-order chi connectivity index (χ1) is 20.4. The van der Waals surface area contributed by atoms with Gasteiger partial charge in [-0.3, -0.25) is 0 Å². The Morgan fingerprint density at radius 1 is 1.17 bits per heavy atom. The highest BCUT2D eigenvalue weighted by Crippen LogP contribution is 2.41. The van der Waals surface area contributed by atoms with Crippen LogP contribution in [0.5, 0.6) is 0 Å². The molecule has 0 spiro atoms. The molecule has 9 nitrogen and oxygen atoms in total. The second-order valence-corrected chi connectivity index (χ2v) is 11.4. The molecule has 42 heavy (non-hydrogen) atoms. The summed E-state index contributed by atoms with van der Waals surface area (Å²) in [5, 5.41) is 7.66. The van der Waals surface area contributed by atoms with Gasteiger partial charge in [-0.15, -0.1) is 0 Å². The molecule has 0 bridgehead atoms. The van der Waals surface area contributed by atoms with Crippen LogP contribution in [0.15, 0.2) is 60.8 Å². The van der Waals surface area contributed by atoms with E-state index < -0.39 is 11.5 Å². The maximum atomic E-state index is 15.3. The van der Waals surface area contributed by atoms with Crippen molar-refractivity contribution in [2.45, 2.75) is 57.8 Å². The van der Waals surface area contributed by atoms with Crippen LogP contribution in [0, 0.1) is 18.7 Å². The number of aryl methyl sites for hydroxylation is 1. The lowest BCUT2D eigenvalue weighted by molar-refractivity contribution is -0.0371. The molecule has 10 heteroatoms. The largest absolute Gasteiger partial charge is 0.445 e. The maximum absolute atomic E-state index is 15.3. The lowest BCUT2D eigenvalue weighted by atomic mass is 9.66. The van der Waals surface area contributed by atoms with Crippen LogP contribution in [0.1, 0.15) is 55.7 Å². The van der Waals surface area contributed by atoms with E-state index in [9.17, 15) is 4.79 Å². The second kappa shape index (κ2) is 12.1. The fourth-order valence-electron chi connectivity index (χ4n) is 6.32. The number of alkyl carbamates (subject to hydrolysis) is 1. The van der Waals surface area contributed by atoms with Crippen molar-refractivity contribution in [1.29, 1.82) is 0 Å². The third-order valence-corrected chi connectivity index (χ3v) is 8.75. The van der Waals surface area contributed by atoms with E-state index in [0.717, 1.165) is 47.5 Å². The molecule has 2 aliphatic rings. The molecule has 2 aromatic carbocycles. The Bertz CT molecular complexity index is 1540. The van der Waals surface area contributed by atoms with Crippen LogP contribution in [0.3, 0.4) is 0 Å². The summed E-state index contributed by atoms with van der Waals surface area (Å²) in [4.78, 5) is 24.7. The number of nitrogens with zero attached hydrogens (tertiary/aromatic N) is 5. The summed E-state index contributed by atoms with van der Waals surface area (Å²) in [6.45, 7) is 6.42. The van der Waals surface area contributed by atoms with Gasteiger partial charge in [0.2, 0.25) is 0 Å². The van der Waals surface area contributed by atoms with Crippen molar-refractivity contribution in [3.63, 3.8) is 0 Å². The van der Waals surface area contributed by atoms with E-state index >= 15 is 4.39 Å². The minimum atomic E-state index is -0.626. The van der Waals surface area contributed by atoms with Crippen molar-refractivity contribution < 1.29 is 18.7 Å². The standard InChI is InChI=1S/C32H37FN6O3/c1-22-19-38(27-18-34-29-23(2)37-39(30(29)36-27)28-14-8-9-17-41-28)16-15-32(22,25-12-6-7-13-26(25)33)21-35-31(40)42-20-24-10-4-3-5-11-24/h3-7,10-13,18,22,28H,8-9,14-17,19-21H2,1-2H3,(H,35,40)/t22?,28?,32-/m1/s1.